The summed E-state index contributed by atoms with van der Waals surface area (Å²) < 4.78 is 2.21. The van der Waals surface area contributed by atoms with Gasteiger partial charge in [0, 0.05) is 29.3 Å². The van der Waals surface area contributed by atoms with Gasteiger partial charge in [-0.3, -0.25) is 0 Å². The summed E-state index contributed by atoms with van der Waals surface area (Å²) in [4.78, 5) is 11.2. The first-order valence-electron chi connectivity index (χ1n) is 6.87. The quantitative estimate of drug-likeness (QED) is 0.737. The lowest BCUT2D eigenvalue weighted by Crippen LogP contribution is -2.16. The summed E-state index contributed by atoms with van der Waals surface area (Å²) in [5, 5.41) is 0.904. The van der Waals surface area contributed by atoms with Crippen LogP contribution in [-0.4, -0.2) is 29.2 Å². The van der Waals surface area contributed by atoms with Gasteiger partial charge >= 0.3 is 0 Å². The number of likely N-dealkylation sites (tertiary alicyclic amines) is 1. The van der Waals surface area contributed by atoms with Crippen LogP contribution in [0.25, 0.3) is 15.8 Å². The second kappa shape index (κ2) is 6.12. The second-order valence-electron chi connectivity index (χ2n) is 5.02. The lowest BCUT2D eigenvalue weighted by Gasteiger charge is -2.15. The Morgan fingerprint density at radius 2 is 2.10 bits per heavy atom. The van der Waals surface area contributed by atoms with Gasteiger partial charge in [0.15, 0.2) is 0 Å². The normalized spacial score (nSPS) is 15.2. The van der Waals surface area contributed by atoms with E-state index < -0.39 is 0 Å². The molecule has 3 nitrogen and oxygen atoms in total. The molecule has 2 heterocycles. The van der Waals surface area contributed by atoms with Gasteiger partial charge in [0.1, 0.15) is 10.8 Å². The molecule has 108 valence electrons. The Hall–Kier alpha value is -1.46. The Morgan fingerprint density at radius 1 is 1.33 bits per heavy atom. The van der Waals surface area contributed by atoms with E-state index in [1.54, 1.807) is 17.6 Å². The first-order valence-corrected chi connectivity index (χ1v) is 8.48. The molecule has 0 saturated carbocycles. The van der Waals surface area contributed by atoms with Crippen LogP contribution in [0.5, 0.6) is 0 Å². The molecular weight excluding hydrogens is 346 g/mol. The second-order valence-corrected chi connectivity index (χ2v) is 6.97. The highest BCUT2D eigenvalue weighted by Gasteiger charge is 2.12. The van der Waals surface area contributed by atoms with E-state index in [4.69, 9.17) is 0 Å². The van der Waals surface area contributed by atoms with Gasteiger partial charge in [0.25, 0.3) is 0 Å². The molecule has 0 spiro atoms. The van der Waals surface area contributed by atoms with Crippen LogP contribution in [0.2, 0.25) is 0 Å². The van der Waals surface area contributed by atoms with Gasteiger partial charge in [-0.05, 0) is 31.0 Å². The third-order valence-electron chi connectivity index (χ3n) is 3.47. The number of hydrogen-bond donors (Lipinski definition) is 0. The van der Waals surface area contributed by atoms with Crippen molar-refractivity contribution in [2.45, 2.75) is 12.8 Å². The highest BCUT2D eigenvalue weighted by atomic mass is 79.9. The minimum absolute atomic E-state index is 0.817. The van der Waals surface area contributed by atoms with E-state index in [0.717, 1.165) is 44.2 Å². The monoisotopic (exact) mass is 361 g/mol. The maximum Gasteiger partial charge on any atom is 0.125 e. The zero-order valence-corrected chi connectivity index (χ0v) is 14.1. The summed E-state index contributed by atoms with van der Waals surface area (Å²) in [6, 6.07) is 6.08. The Labute approximate surface area is 136 Å². The van der Waals surface area contributed by atoms with E-state index >= 15 is 0 Å². The van der Waals surface area contributed by atoms with Crippen LogP contribution in [-0.2, 0) is 0 Å². The molecule has 1 saturated heterocycles. The summed E-state index contributed by atoms with van der Waals surface area (Å²) in [5.41, 5.74) is 1.82. The number of thiazole rings is 1. The first kappa shape index (κ1) is 14.5. The Morgan fingerprint density at radius 3 is 2.86 bits per heavy atom. The van der Waals surface area contributed by atoms with E-state index in [1.807, 2.05) is 12.1 Å². The number of allylic oxidation sites excluding steroid dienone is 1. The molecule has 0 bridgehead atoms. The van der Waals surface area contributed by atoms with Crippen LogP contribution < -0.4 is 0 Å². The number of rotatable bonds is 4. The van der Waals surface area contributed by atoms with Crippen molar-refractivity contribution in [3.63, 3.8) is 0 Å². The number of hydrogen-bond acceptors (Lipinski definition) is 4. The minimum Gasteiger partial charge on any atom is -0.357 e. The standard InChI is InChI=1S/C16H16BrN3S/c1-11(10-18-12(2)20-7-3-4-8-20)16-19-14-6-5-13(17)9-15(14)21-16/h5-6,9-10H,1-4,7-8H2. The van der Waals surface area contributed by atoms with Crippen molar-refractivity contribution < 1.29 is 0 Å². The molecular formula is C16H16BrN3S. The first-order chi connectivity index (χ1) is 10.1. The van der Waals surface area contributed by atoms with Crippen molar-refractivity contribution in [1.82, 2.24) is 9.88 Å². The summed E-state index contributed by atoms with van der Waals surface area (Å²) in [7, 11) is 0. The molecule has 0 unspecified atom stereocenters. The van der Waals surface area contributed by atoms with Crippen molar-refractivity contribution in [1.29, 1.82) is 0 Å². The Balaban J connectivity index is 1.75. The SMILES string of the molecule is C=C(C=NC(=C)N1CCCC1)c1nc2ccc(Br)cc2s1. The zero-order chi connectivity index (χ0) is 14.8. The molecule has 0 N–H and O–H groups in total. The average molecular weight is 362 g/mol. The predicted molar refractivity (Wildman–Crippen MR) is 94.8 cm³/mol. The maximum atomic E-state index is 4.59. The van der Waals surface area contributed by atoms with Crippen LogP contribution in [0.15, 0.2) is 46.6 Å². The van der Waals surface area contributed by atoms with Crippen LogP contribution in [0.4, 0.5) is 0 Å². The number of fused-ring (bicyclic) bond motifs is 1. The van der Waals surface area contributed by atoms with Gasteiger partial charge in [-0.2, -0.15) is 0 Å². The predicted octanol–water partition coefficient (Wildman–Crippen LogP) is 4.71. The van der Waals surface area contributed by atoms with Crippen LogP contribution in [0.3, 0.4) is 0 Å². The van der Waals surface area contributed by atoms with Gasteiger partial charge < -0.3 is 4.90 Å². The lowest BCUT2D eigenvalue weighted by molar-refractivity contribution is 0.425. The van der Waals surface area contributed by atoms with E-state index in [2.05, 4.69) is 50.0 Å². The van der Waals surface area contributed by atoms with Crippen molar-refractivity contribution in [2.75, 3.05) is 13.1 Å². The number of nitrogens with zero attached hydrogens (tertiary/aromatic N) is 3. The van der Waals surface area contributed by atoms with Crippen molar-refractivity contribution in [3.8, 4) is 0 Å². The van der Waals surface area contributed by atoms with Gasteiger partial charge in [0.2, 0.25) is 0 Å². The summed E-state index contributed by atoms with van der Waals surface area (Å²) in [6.45, 7) is 10.2. The molecule has 0 atom stereocenters. The Bertz CT molecular complexity index is 726. The molecule has 1 aromatic carbocycles. The van der Waals surface area contributed by atoms with E-state index in [1.165, 1.54) is 12.8 Å². The third kappa shape index (κ3) is 3.24. The van der Waals surface area contributed by atoms with Gasteiger partial charge in [-0.25, -0.2) is 9.98 Å². The fraction of sp³-hybridized carbons (Fsp3) is 0.250. The number of halogens is 1. The van der Waals surface area contributed by atoms with Crippen LogP contribution in [0, 0.1) is 0 Å². The lowest BCUT2D eigenvalue weighted by atomic mass is 10.3. The van der Waals surface area contributed by atoms with Gasteiger partial charge in [-0.15, -0.1) is 11.3 Å². The molecule has 0 aliphatic carbocycles. The van der Waals surface area contributed by atoms with Crippen LogP contribution in [0.1, 0.15) is 17.8 Å². The maximum absolute atomic E-state index is 4.59. The third-order valence-corrected chi connectivity index (χ3v) is 5.05. The summed E-state index contributed by atoms with van der Waals surface area (Å²) >= 11 is 5.11. The van der Waals surface area contributed by atoms with Crippen LogP contribution >= 0.6 is 27.3 Å². The molecule has 1 aromatic heterocycles. The van der Waals surface area contributed by atoms with E-state index in [0.29, 0.717) is 0 Å². The summed E-state index contributed by atoms with van der Waals surface area (Å²) in [5.74, 6) is 0.817. The molecule has 5 heteroatoms. The highest BCUT2D eigenvalue weighted by molar-refractivity contribution is 9.10. The minimum atomic E-state index is 0.817. The largest absolute Gasteiger partial charge is 0.357 e. The fourth-order valence-electron chi connectivity index (χ4n) is 2.30. The van der Waals surface area contributed by atoms with Crippen molar-refractivity contribution >= 4 is 49.3 Å². The molecule has 0 radical (unpaired) electrons. The summed E-state index contributed by atoms with van der Waals surface area (Å²) in [6.07, 6.45) is 4.22. The molecule has 0 amide bonds. The number of aromatic nitrogens is 1. The molecule has 1 aliphatic heterocycles. The number of aliphatic imine (C=N–C) groups is 1. The van der Waals surface area contributed by atoms with Crippen molar-refractivity contribution in [2.24, 2.45) is 4.99 Å². The molecule has 3 rings (SSSR count). The van der Waals surface area contributed by atoms with Gasteiger partial charge in [0.05, 0.1) is 10.2 Å². The highest BCUT2D eigenvalue weighted by Crippen LogP contribution is 2.28. The van der Waals surface area contributed by atoms with Gasteiger partial charge in [-0.1, -0.05) is 29.1 Å². The molecule has 1 fully saturated rings. The molecule has 1 aliphatic rings. The fourth-order valence-corrected chi connectivity index (χ4v) is 3.75. The smallest absolute Gasteiger partial charge is 0.125 e. The van der Waals surface area contributed by atoms with E-state index in [9.17, 15) is 0 Å². The molecule has 2 aromatic rings. The average Bonchev–Trinajstić information content (AvgIpc) is 3.12. The zero-order valence-electron chi connectivity index (χ0n) is 11.7. The number of benzene rings is 1. The van der Waals surface area contributed by atoms with E-state index in [-0.39, 0.29) is 0 Å². The topological polar surface area (TPSA) is 28.5 Å². The van der Waals surface area contributed by atoms with Crippen molar-refractivity contribution in [3.05, 3.63) is 46.7 Å². The Kier molecular flexibility index (Phi) is 4.22. The molecule has 21 heavy (non-hydrogen) atoms.